The number of anilines is 1. The molecule has 1 aliphatic heterocycles. The van der Waals surface area contributed by atoms with Crippen LogP contribution in [0, 0.1) is 13.8 Å². The second kappa shape index (κ2) is 8.91. The van der Waals surface area contributed by atoms with E-state index in [0.29, 0.717) is 30.2 Å². The van der Waals surface area contributed by atoms with Crippen LogP contribution in [-0.2, 0) is 6.54 Å². The number of benzene rings is 3. The van der Waals surface area contributed by atoms with Crippen molar-refractivity contribution in [3.8, 4) is 0 Å². The van der Waals surface area contributed by atoms with Crippen LogP contribution in [0.2, 0.25) is 5.02 Å². The number of fused-ring (bicyclic) bond motifs is 1. The fraction of sp³-hybridized carbons (Fsp3) is 0.259. The molecule has 168 valence electrons. The molecule has 0 spiro atoms. The lowest BCUT2D eigenvalue weighted by Crippen LogP contribution is -2.49. The maximum Gasteiger partial charge on any atom is 0.254 e. The Morgan fingerprint density at radius 2 is 1.76 bits per heavy atom. The Hall–Kier alpha value is -3.31. The summed E-state index contributed by atoms with van der Waals surface area (Å²) >= 11 is 6.14. The zero-order valence-corrected chi connectivity index (χ0v) is 19.7. The van der Waals surface area contributed by atoms with Crippen LogP contribution in [0.1, 0.15) is 27.0 Å². The van der Waals surface area contributed by atoms with Crippen molar-refractivity contribution < 1.29 is 4.79 Å². The van der Waals surface area contributed by atoms with Crippen LogP contribution in [0.3, 0.4) is 0 Å². The van der Waals surface area contributed by atoms with Gasteiger partial charge < -0.3 is 9.80 Å². The molecule has 0 atom stereocenters. The van der Waals surface area contributed by atoms with Gasteiger partial charge in [0.25, 0.3) is 5.91 Å². The molecule has 0 unspecified atom stereocenters. The Labute approximate surface area is 199 Å². The van der Waals surface area contributed by atoms with E-state index in [2.05, 4.69) is 42.0 Å². The second-order valence-corrected chi connectivity index (χ2v) is 9.14. The zero-order chi connectivity index (χ0) is 22.9. The van der Waals surface area contributed by atoms with E-state index < -0.39 is 0 Å². The third-order valence-corrected chi connectivity index (χ3v) is 6.83. The fourth-order valence-electron chi connectivity index (χ4n) is 4.55. The van der Waals surface area contributed by atoms with E-state index in [4.69, 9.17) is 11.6 Å². The number of nitrogens with zero attached hydrogens (tertiary/aromatic N) is 4. The average molecular weight is 459 g/mol. The standard InChI is InChI=1S/C27H27ClN4O/c1-19-5-3-8-25(20(19)2)30-11-13-31(14-12-30)27(33)22-9-10-23-17-29-32(26(23)16-22)18-21-6-4-7-24(28)15-21/h3-10,15-17H,11-14,18H2,1-2H3. The molecule has 5 nitrogen and oxygen atoms in total. The summed E-state index contributed by atoms with van der Waals surface area (Å²) in [5, 5.41) is 6.26. The third kappa shape index (κ3) is 4.33. The Kier molecular flexibility index (Phi) is 5.81. The van der Waals surface area contributed by atoms with Gasteiger partial charge in [0.05, 0.1) is 18.3 Å². The molecule has 1 amide bonds. The highest BCUT2D eigenvalue weighted by Crippen LogP contribution is 2.25. The molecular weight excluding hydrogens is 432 g/mol. The lowest BCUT2D eigenvalue weighted by atomic mass is 10.1. The summed E-state index contributed by atoms with van der Waals surface area (Å²) in [6, 6.07) is 20.1. The summed E-state index contributed by atoms with van der Waals surface area (Å²) in [5.41, 5.74) is 6.62. The number of hydrogen-bond acceptors (Lipinski definition) is 3. The van der Waals surface area contributed by atoms with Crippen molar-refractivity contribution in [2.24, 2.45) is 0 Å². The van der Waals surface area contributed by atoms with Crippen LogP contribution in [0.15, 0.2) is 66.9 Å². The first-order valence-corrected chi connectivity index (χ1v) is 11.7. The molecule has 0 aliphatic carbocycles. The summed E-state index contributed by atoms with van der Waals surface area (Å²) in [4.78, 5) is 17.6. The van der Waals surface area contributed by atoms with Gasteiger partial charge in [-0.1, -0.05) is 41.9 Å². The Morgan fingerprint density at radius 3 is 2.55 bits per heavy atom. The minimum Gasteiger partial charge on any atom is -0.368 e. The summed E-state index contributed by atoms with van der Waals surface area (Å²) in [5.74, 6) is 0.0769. The van der Waals surface area contributed by atoms with Gasteiger partial charge >= 0.3 is 0 Å². The lowest BCUT2D eigenvalue weighted by Gasteiger charge is -2.37. The first kappa shape index (κ1) is 21.5. The van der Waals surface area contributed by atoms with Gasteiger partial charge in [0, 0.05) is 47.8 Å². The van der Waals surface area contributed by atoms with E-state index in [9.17, 15) is 4.79 Å². The van der Waals surface area contributed by atoms with Gasteiger partial charge in [-0.25, -0.2) is 0 Å². The van der Waals surface area contributed by atoms with Crippen LogP contribution in [0.25, 0.3) is 10.9 Å². The summed E-state index contributed by atoms with van der Waals surface area (Å²) < 4.78 is 1.93. The van der Waals surface area contributed by atoms with Crippen LogP contribution in [0.5, 0.6) is 0 Å². The maximum atomic E-state index is 13.3. The minimum atomic E-state index is 0.0769. The first-order valence-electron chi connectivity index (χ1n) is 11.3. The van der Waals surface area contributed by atoms with Crippen molar-refractivity contribution in [1.82, 2.24) is 14.7 Å². The lowest BCUT2D eigenvalue weighted by molar-refractivity contribution is 0.0747. The van der Waals surface area contributed by atoms with Crippen molar-refractivity contribution >= 4 is 34.1 Å². The smallest absolute Gasteiger partial charge is 0.254 e. The highest BCUT2D eigenvalue weighted by atomic mass is 35.5. The number of aromatic nitrogens is 2. The third-order valence-electron chi connectivity index (χ3n) is 6.60. The van der Waals surface area contributed by atoms with E-state index in [1.165, 1.54) is 16.8 Å². The molecule has 6 heteroatoms. The average Bonchev–Trinajstić information content (AvgIpc) is 3.22. The number of hydrogen-bond donors (Lipinski definition) is 0. The molecular formula is C27H27ClN4O. The van der Waals surface area contributed by atoms with Crippen molar-refractivity contribution in [2.75, 3.05) is 31.1 Å². The highest BCUT2D eigenvalue weighted by Gasteiger charge is 2.23. The molecule has 0 radical (unpaired) electrons. The number of piperazine rings is 1. The number of amides is 1. The van der Waals surface area contributed by atoms with Crippen LogP contribution >= 0.6 is 11.6 Å². The zero-order valence-electron chi connectivity index (χ0n) is 19.0. The molecule has 1 aliphatic rings. The number of carbonyl (C=O) groups excluding carboxylic acids is 1. The van der Waals surface area contributed by atoms with E-state index in [1.54, 1.807) is 0 Å². The van der Waals surface area contributed by atoms with Crippen molar-refractivity contribution in [3.63, 3.8) is 0 Å². The largest absolute Gasteiger partial charge is 0.368 e. The Morgan fingerprint density at radius 1 is 0.970 bits per heavy atom. The fourth-order valence-corrected chi connectivity index (χ4v) is 4.76. The normalized spacial score (nSPS) is 14.2. The first-order chi connectivity index (χ1) is 16.0. The molecule has 1 saturated heterocycles. The van der Waals surface area contributed by atoms with E-state index >= 15 is 0 Å². The molecule has 0 bridgehead atoms. The number of carbonyl (C=O) groups is 1. The monoisotopic (exact) mass is 458 g/mol. The maximum absolute atomic E-state index is 13.3. The molecule has 5 rings (SSSR count). The molecule has 1 aromatic heterocycles. The Balaban J connectivity index is 1.32. The Bertz CT molecular complexity index is 1320. The predicted octanol–water partition coefficient (Wildman–Crippen LogP) is 5.32. The van der Waals surface area contributed by atoms with Crippen molar-refractivity contribution in [2.45, 2.75) is 20.4 Å². The predicted molar refractivity (Wildman–Crippen MR) is 134 cm³/mol. The van der Waals surface area contributed by atoms with Crippen LogP contribution in [-0.4, -0.2) is 46.8 Å². The highest BCUT2D eigenvalue weighted by molar-refractivity contribution is 6.30. The summed E-state index contributed by atoms with van der Waals surface area (Å²) in [6.07, 6.45) is 1.84. The summed E-state index contributed by atoms with van der Waals surface area (Å²) in [6.45, 7) is 8.03. The van der Waals surface area contributed by atoms with Gasteiger partial charge in [-0.15, -0.1) is 0 Å². The van der Waals surface area contributed by atoms with Gasteiger partial charge in [0.2, 0.25) is 0 Å². The van der Waals surface area contributed by atoms with E-state index in [1.807, 2.05) is 58.2 Å². The van der Waals surface area contributed by atoms with Crippen molar-refractivity contribution in [3.05, 3.63) is 94.1 Å². The number of aryl methyl sites for hydroxylation is 1. The van der Waals surface area contributed by atoms with Crippen LogP contribution < -0.4 is 4.90 Å². The van der Waals surface area contributed by atoms with Gasteiger partial charge in [-0.05, 0) is 60.9 Å². The molecule has 2 heterocycles. The van der Waals surface area contributed by atoms with Crippen molar-refractivity contribution in [1.29, 1.82) is 0 Å². The SMILES string of the molecule is Cc1cccc(N2CCN(C(=O)c3ccc4cnn(Cc5cccc(Cl)c5)c4c3)CC2)c1C. The van der Waals surface area contributed by atoms with E-state index in [0.717, 1.165) is 29.6 Å². The quantitative estimate of drug-likeness (QED) is 0.415. The van der Waals surface area contributed by atoms with Gasteiger partial charge in [0.1, 0.15) is 0 Å². The second-order valence-electron chi connectivity index (χ2n) is 8.70. The number of rotatable bonds is 4. The minimum absolute atomic E-state index is 0.0769. The topological polar surface area (TPSA) is 41.4 Å². The molecule has 33 heavy (non-hydrogen) atoms. The molecule has 1 fully saturated rings. The molecule has 4 aromatic rings. The van der Waals surface area contributed by atoms with Crippen LogP contribution in [0.4, 0.5) is 5.69 Å². The van der Waals surface area contributed by atoms with E-state index in [-0.39, 0.29) is 5.91 Å². The molecule has 3 aromatic carbocycles. The number of halogens is 1. The molecule has 0 N–H and O–H groups in total. The van der Waals surface area contributed by atoms with Gasteiger partial charge in [-0.3, -0.25) is 9.48 Å². The van der Waals surface area contributed by atoms with Gasteiger partial charge in [0.15, 0.2) is 0 Å². The van der Waals surface area contributed by atoms with Gasteiger partial charge in [-0.2, -0.15) is 5.10 Å². The summed E-state index contributed by atoms with van der Waals surface area (Å²) in [7, 11) is 0. The molecule has 0 saturated carbocycles.